The van der Waals surface area contributed by atoms with Crippen LogP contribution in [0.5, 0.6) is 5.75 Å². The number of pyridine rings is 1. The van der Waals surface area contributed by atoms with Crippen molar-refractivity contribution >= 4 is 21.7 Å². The zero-order valence-corrected chi connectivity index (χ0v) is 27.3. The van der Waals surface area contributed by atoms with Crippen LogP contribution in [0.25, 0.3) is 55.3 Å². The van der Waals surface area contributed by atoms with Crippen molar-refractivity contribution in [2.45, 2.75) is 5.41 Å². The quantitative estimate of drug-likeness (QED) is 0.143. The number of rotatable bonds is 4. The van der Waals surface area contributed by atoms with E-state index in [0.717, 1.165) is 55.3 Å². The number of benzene rings is 6. The Bertz CT molecular complexity index is 2430. The van der Waals surface area contributed by atoms with Gasteiger partial charge in [-0.25, -0.2) is 4.98 Å². The molecule has 226 valence electrons. The van der Waals surface area contributed by atoms with Crippen LogP contribution in [-0.2, 0) is 26.5 Å². The van der Waals surface area contributed by atoms with Gasteiger partial charge in [0.05, 0.1) is 22.3 Å². The van der Waals surface area contributed by atoms with Gasteiger partial charge in [0.2, 0.25) is 0 Å². The first-order chi connectivity index (χ1) is 22.7. The zero-order chi connectivity index (χ0) is 30.7. The number of aromatic nitrogens is 3. The van der Waals surface area contributed by atoms with Gasteiger partial charge in [0, 0.05) is 26.6 Å². The van der Waals surface area contributed by atoms with E-state index in [1.54, 1.807) is 12.4 Å². The molecule has 0 fully saturated rings. The molecule has 8 aromatic rings. The van der Waals surface area contributed by atoms with Gasteiger partial charge in [0.15, 0.2) is 0 Å². The van der Waals surface area contributed by atoms with Crippen molar-refractivity contribution in [2.24, 2.45) is 0 Å². The van der Waals surface area contributed by atoms with Gasteiger partial charge in [-0.15, -0.1) is 35.4 Å². The number of fused-ring (bicyclic) bond motifs is 5. The predicted molar refractivity (Wildman–Crippen MR) is 184 cm³/mol. The number of phenolic OH excluding ortho intramolecular Hbond substituents is 1. The van der Waals surface area contributed by atoms with Crippen LogP contribution >= 0.6 is 0 Å². The minimum Gasteiger partial charge on any atom is -0.507 e. The molecule has 0 amide bonds. The molecular weight excluding hydrogens is 758 g/mol. The topological polar surface area (TPSA) is 58.9 Å². The normalized spacial score (nSPS) is 12.8. The Morgan fingerprint density at radius 3 is 1.96 bits per heavy atom. The SMILES string of the molecule is Oc1ccccc1-c1cccc(C2(c3[c-]c(-c4ncnc5cc6ccccc6cc45)ccc3)c3ccccc3-c3ccccc32)n1.[Pt]. The first kappa shape index (κ1) is 29.0. The zero-order valence-electron chi connectivity index (χ0n) is 25.0. The molecule has 0 aliphatic heterocycles. The van der Waals surface area contributed by atoms with Crippen molar-refractivity contribution in [3.8, 4) is 39.4 Å². The Morgan fingerprint density at radius 1 is 0.574 bits per heavy atom. The summed E-state index contributed by atoms with van der Waals surface area (Å²) < 4.78 is 0. The second-order valence-electron chi connectivity index (χ2n) is 11.7. The Balaban J connectivity index is 0.00000324. The molecule has 2 aromatic heterocycles. The summed E-state index contributed by atoms with van der Waals surface area (Å²) in [6.45, 7) is 0. The van der Waals surface area contributed by atoms with Gasteiger partial charge in [0.25, 0.3) is 0 Å². The van der Waals surface area contributed by atoms with Gasteiger partial charge >= 0.3 is 0 Å². The van der Waals surface area contributed by atoms with E-state index in [9.17, 15) is 5.11 Å². The Kier molecular flexibility index (Phi) is 7.04. The number of para-hydroxylation sites is 1. The minimum absolute atomic E-state index is 0. The monoisotopic (exact) mass is 783 g/mol. The summed E-state index contributed by atoms with van der Waals surface area (Å²) in [5.74, 6) is 0.199. The van der Waals surface area contributed by atoms with Crippen LogP contribution in [0.1, 0.15) is 22.4 Å². The molecule has 0 bridgehead atoms. The van der Waals surface area contributed by atoms with Gasteiger partial charge in [-0.3, -0.25) is 9.97 Å². The van der Waals surface area contributed by atoms with Crippen LogP contribution in [0.15, 0.2) is 152 Å². The van der Waals surface area contributed by atoms with Crippen molar-refractivity contribution in [1.82, 2.24) is 15.0 Å². The van der Waals surface area contributed by atoms with Crippen LogP contribution in [0.3, 0.4) is 0 Å². The molecule has 0 saturated heterocycles. The standard InChI is InChI=1S/C42H26N3O.Pt/c46-39-21-8-5-17-33(39)37-20-10-22-40(45-37)42(35-18-6-3-15-31(35)32-16-4-7-19-36(32)42)30-14-9-13-29(23-30)41-34-24-27-11-1-2-12-28(27)25-38(34)43-26-44-41;/h1-22,24-26,46H;/q-1;. The summed E-state index contributed by atoms with van der Waals surface area (Å²) in [4.78, 5) is 14.8. The summed E-state index contributed by atoms with van der Waals surface area (Å²) in [5.41, 5.74) is 9.71. The van der Waals surface area contributed by atoms with Gasteiger partial charge < -0.3 is 5.11 Å². The van der Waals surface area contributed by atoms with E-state index >= 15 is 0 Å². The number of hydrogen-bond donors (Lipinski definition) is 1. The molecule has 0 saturated carbocycles. The molecule has 5 heteroatoms. The van der Waals surface area contributed by atoms with E-state index in [0.29, 0.717) is 11.3 Å². The average molecular weight is 784 g/mol. The maximum Gasteiger partial charge on any atom is 0.124 e. The molecule has 4 nitrogen and oxygen atoms in total. The molecule has 1 aliphatic carbocycles. The molecule has 0 unspecified atom stereocenters. The van der Waals surface area contributed by atoms with Crippen molar-refractivity contribution in [2.75, 3.05) is 0 Å². The summed E-state index contributed by atoms with van der Waals surface area (Å²) in [5, 5.41) is 14.0. The first-order valence-electron chi connectivity index (χ1n) is 15.3. The summed E-state index contributed by atoms with van der Waals surface area (Å²) in [6, 6.07) is 53.4. The van der Waals surface area contributed by atoms with Crippen molar-refractivity contribution in [3.05, 3.63) is 180 Å². The van der Waals surface area contributed by atoms with Crippen LogP contribution in [0, 0.1) is 6.07 Å². The number of hydrogen-bond acceptors (Lipinski definition) is 4. The molecule has 1 aliphatic rings. The maximum atomic E-state index is 10.8. The van der Waals surface area contributed by atoms with Gasteiger partial charge in [0.1, 0.15) is 12.1 Å². The van der Waals surface area contributed by atoms with E-state index in [-0.39, 0.29) is 26.8 Å². The Hall–Kier alpha value is -5.44. The number of nitrogens with zero attached hydrogens (tertiary/aromatic N) is 3. The van der Waals surface area contributed by atoms with Gasteiger partial charge in [-0.2, -0.15) is 0 Å². The van der Waals surface area contributed by atoms with E-state index in [1.165, 1.54) is 11.1 Å². The Morgan fingerprint density at radius 2 is 1.21 bits per heavy atom. The van der Waals surface area contributed by atoms with E-state index in [1.807, 2.05) is 36.4 Å². The fourth-order valence-electron chi connectivity index (χ4n) is 7.21. The largest absolute Gasteiger partial charge is 0.507 e. The molecule has 1 N–H and O–H groups in total. The Labute approximate surface area is 286 Å². The molecule has 9 rings (SSSR count). The summed E-state index contributed by atoms with van der Waals surface area (Å²) in [7, 11) is 0. The van der Waals surface area contributed by atoms with Crippen LogP contribution in [0.2, 0.25) is 0 Å². The minimum atomic E-state index is -0.765. The van der Waals surface area contributed by atoms with E-state index < -0.39 is 5.41 Å². The number of aromatic hydroxyl groups is 1. The second kappa shape index (κ2) is 11.4. The second-order valence-corrected chi connectivity index (χ2v) is 11.7. The maximum absolute atomic E-state index is 10.8. The van der Waals surface area contributed by atoms with Crippen molar-refractivity contribution in [3.63, 3.8) is 0 Å². The average Bonchev–Trinajstić information content (AvgIpc) is 3.42. The van der Waals surface area contributed by atoms with Crippen molar-refractivity contribution < 1.29 is 26.2 Å². The first-order valence-corrected chi connectivity index (χ1v) is 15.3. The number of phenols is 1. The third-order valence-electron chi connectivity index (χ3n) is 9.22. The molecule has 0 spiro atoms. The van der Waals surface area contributed by atoms with Crippen LogP contribution < -0.4 is 0 Å². The fourth-order valence-corrected chi connectivity index (χ4v) is 7.21. The van der Waals surface area contributed by atoms with Crippen molar-refractivity contribution in [1.29, 1.82) is 0 Å². The predicted octanol–water partition coefficient (Wildman–Crippen LogP) is 9.38. The third-order valence-corrected chi connectivity index (χ3v) is 9.22. The molecule has 47 heavy (non-hydrogen) atoms. The molecular formula is C42H26N3OPt-. The third kappa shape index (κ3) is 4.44. The fraction of sp³-hybridized carbons (Fsp3) is 0.0238. The smallest absolute Gasteiger partial charge is 0.124 e. The molecule has 0 radical (unpaired) electrons. The summed E-state index contributed by atoms with van der Waals surface area (Å²) in [6.07, 6.45) is 1.64. The van der Waals surface area contributed by atoms with Crippen LogP contribution in [-0.4, -0.2) is 20.1 Å². The van der Waals surface area contributed by atoms with Gasteiger partial charge in [-0.1, -0.05) is 97.1 Å². The van der Waals surface area contributed by atoms with Crippen LogP contribution in [0.4, 0.5) is 0 Å². The van der Waals surface area contributed by atoms with Gasteiger partial charge in [-0.05, 0) is 74.4 Å². The van der Waals surface area contributed by atoms with E-state index in [4.69, 9.17) is 9.97 Å². The van der Waals surface area contributed by atoms with E-state index in [2.05, 4.69) is 114 Å². The molecule has 2 heterocycles. The molecule has 0 atom stereocenters. The molecule has 6 aromatic carbocycles. The summed E-state index contributed by atoms with van der Waals surface area (Å²) >= 11 is 0.